The van der Waals surface area contributed by atoms with Crippen molar-refractivity contribution in [3.05, 3.63) is 28.8 Å². The number of carbonyl (C=O) groups excluding carboxylic acids is 1. The molecular weight excluding hydrogens is 372 g/mol. The number of rotatable bonds is 5. The van der Waals surface area contributed by atoms with Crippen LogP contribution in [-0.4, -0.2) is 68.6 Å². The lowest BCUT2D eigenvalue weighted by atomic mass is 9.84. The predicted octanol–water partition coefficient (Wildman–Crippen LogP) is 3.99. The van der Waals surface area contributed by atoms with E-state index in [-0.39, 0.29) is 13.1 Å². The lowest BCUT2D eigenvalue weighted by molar-refractivity contribution is 0.194. The molecule has 1 aliphatic heterocycles. The zero-order valence-electron chi connectivity index (χ0n) is 28.4. The van der Waals surface area contributed by atoms with Gasteiger partial charge in [0.1, 0.15) is 0 Å². The molecule has 1 N–H and O–H groups in total. The summed E-state index contributed by atoms with van der Waals surface area (Å²) in [7, 11) is 2.46. The van der Waals surface area contributed by atoms with Gasteiger partial charge in [-0.15, -0.1) is 0 Å². The molecule has 6 heteroatoms. The van der Waals surface area contributed by atoms with Gasteiger partial charge in [0.15, 0.2) is 0 Å². The van der Waals surface area contributed by atoms with Gasteiger partial charge in [0.2, 0.25) is 0 Å². The highest BCUT2D eigenvalue weighted by atomic mass is 35.5. The Labute approximate surface area is 191 Å². The molecule has 0 unspecified atom stereocenters. The molecule has 156 valence electrons. The van der Waals surface area contributed by atoms with Crippen LogP contribution in [0, 0.1) is 12.8 Å². The number of nitrogens with one attached hydrogen (secondary N) is 1. The zero-order valence-corrected chi connectivity index (χ0v) is 17.2. The van der Waals surface area contributed by atoms with Gasteiger partial charge in [-0.05, 0) is 62.9 Å². The number of aryl methyl sites for hydroxylation is 1. The molecule has 28 heavy (non-hydrogen) atoms. The number of piperazine rings is 1. The lowest BCUT2D eigenvalue weighted by Crippen LogP contribution is -2.47. The normalized spacial score (nSPS) is 42.8. The summed E-state index contributed by atoms with van der Waals surface area (Å²) in [5.74, 6) is -3.36. The summed E-state index contributed by atoms with van der Waals surface area (Å²) in [6.07, 6.45) is -15.9. The van der Waals surface area contributed by atoms with E-state index in [1.54, 1.807) is 5.32 Å². The number of hydrogen-bond donors (Lipinski definition) is 1. The number of benzene rings is 1. The maximum Gasteiger partial charge on any atom is 0.317 e. The van der Waals surface area contributed by atoms with Crippen LogP contribution in [0.5, 0.6) is 0 Å². The second-order valence-electron chi connectivity index (χ2n) is 6.90. The molecule has 1 heterocycles. The van der Waals surface area contributed by atoms with E-state index in [1.165, 1.54) is 19.0 Å². The summed E-state index contributed by atoms with van der Waals surface area (Å²) in [6.45, 7) is 0.0745. The van der Waals surface area contributed by atoms with Crippen LogP contribution >= 0.6 is 11.6 Å². The fourth-order valence-corrected chi connectivity index (χ4v) is 3.13. The second-order valence-corrected chi connectivity index (χ2v) is 7.27. The quantitative estimate of drug-likeness (QED) is 0.785. The molecule has 1 aromatic rings. The Hall–Kier alpha value is -1.46. The molecule has 1 aliphatic carbocycles. The summed E-state index contributed by atoms with van der Waals surface area (Å²) in [6, 6.07) is 0.859. The summed E-state index contributed by atoms with van der Waals surface area (Å²) in [5, 5.41) is 2.35. The first-order chi connectivity index (χ1) is 17.9. The highest BCUT2D eigenvalue weighted by Gasteiger charge is 2.24. The van der Waals surface area contributed by atoms with Crippen molar-refractivity contribution in [3.8, 4) is 0 Å². The maximum atomic E-state index is 12.4. The average Bonchev–Trinajstić information content (AvgIpc) is 2.84. The van der Waals surface area contributed by atoms with Gasteiger partial charge in [-0.1, -0.05) is 23.7 Å². The summed E-state index contributed by atoms with van der Waals surface area (Å²) >= 11 is 6.44. The van der Waals surface area contributed by atoms with Crippen LogP contribution in [0.25, 0.3) is 0 Å². The number of urea groups is 1. The van der Waals surface area contributed by atoms with Crippen molar-refractivity contribution in [1.82, 2.24) is 15.1 Å². The maximum absolute atomic E-state index is 12.4. The molecular formula is C22H35ClN4O. The number of amides is 2. The molecule has 0 bridgehead atoms. The van der Waals surface area contributed by atoms with Gasteiger partial charge in [-0.3, -0.25) is 4.90 Å². The Bertz CT molecular complexity index is 1110. The number of carbonyl (C=O) groups is 1. The summed E-state index contributed by atoms with van der Waals surface area (Å²) in [4.78, 5) is 16.5. The van der Waals surface area contributed by atoms with E-state index >= 15 is 0 Å². The molecule has 3 rings (SSSR count). The first-order valence-electron chi connectivity index (χ1n) is 15.2. The van der Waals surface area contributed by atoms with Crippen LogP contribution < -0.4 is 10.2 Å². The third kappa shape index (κ3) is 5.54. The minimum Gasteiger partial charge on any atom is -0.368 e. The van der Waals surface area contributed by atoms with Crippen LogP contribution in [-0.2, 0) is 0 Å². The van der Waals surface area contributed by atoms with Gasteiger partial charge >= 0.3 is 6.03 Å². The topological polar surface area (TPSA) is 38.8 Å². The first kappa shape index (κ1) is 10.5. The Kier molecular flexibility index (Phi) is 3.70. The molecule has 1 saturated heterocycles. The van der Waals surface area contributed by atoms with E-state index in [0.29, 0.717) is 18.1 Å². The highest BCUT2D eigenvalue weighted by molar-refractivity contribution is 6.34. The molecule has 5 nitrogen and oxygen atoms in total. The van der Waals surface area contributed by atoms with Gasteiger partial charge in [0, 0.05) is 61.4 Å². The lowest BCUT2D eigenvalue weighted by Gasteiger charge is -2.37. The first-order valence-corrected chi connectivity index (χ1v) is 9.55. The van der Waals surface area contributed by atoms with Crippen molar-refractivity contribution in [2.24, 2.45) is 5.89 Å². The molecule has 1 aromatic carbocycles. The molecule has 1 saturated carbocycles. The van der Waals surface area contributed by atoms with E-state index in [4.69, 9.17) is 28.1 Å². The number of hydrogen-bond acceptors (Lipinski definition) is 3. The van der Waals surface area contributed by atoms with Crippen LogP contribution in [0.4, 0.5) is 10.5 Å². The van der Waals surface area contributed by atoms with E-state index < -0.39 is 56.4 Å². The third-order valence-corrected chi connectivity index (χ3v) is 5.08. The minimum atomic E-state index is -3.67. The number of nitrogens with zero attached hydrogens (tertiary/aromatic N) is 3. The smallest absolute Gasteiger partial charge is 0.317 e. The minimum absolute atomic E-state index is 0.0837. The van der Waals surface area contributed by atoms with Crippen molar-refractivity contribution < 1.29 is 21.2 Å². The molecule has 0 aromatic heterocycles. The van der Waals surface area contributed by atoms with Crippen LogP contribution in [0.15, 0.2) is 18.2 Å². The van der Waals surface area contributed by atoms with Crippen LogP contribution in [0.1, 0.15) is 53.9 Å². The zero-order chi connectivity index (χ0) is 30.9. The number of anilines is 1. The van der Waals surface area contributed by atoms with Crippen molar-refractivity contribution >= 4 is 23.3 Å². The van der Waals surface area contributed by atoms with Gasteiger partial charge < -0.3 is 15.1 Å². The van der Waals surface area contributed by atoms with Gasteiger partial charge in [0.25, 0.3) is 0 Å². The second kappa shape index (κ2) is 9.84. The average molecular weight is 419 g/mol. The third-order valence-electron chi connectivity index (χ3n) is 4.59. The fourth-order valence-electron chi connectivity index (χ4n) is 2.88. The van der Waals surface area contributed by atoms with Crippen molar-refractivity contribution in [3.63, 3.8) is 0 Å². The van der Waals surface area contributed by atoms with Crippen molar-refractivity contribution in [2.45, 2.75) is 44.9 Å². The molecule has 2 amide bonds. The van der Waals surface area contributed by atoms with Crippen LogP contribution in [0.2, 0.25) is 5.02 Å². The Morgan fingerprint density at radius 2 is 1.96 bits per heavy atom. The molecule has 2 aliphatic rings. The Morgan fingerprint density at radius 3 is 2.61 bits per heavy atom. The van der Waals surface area contributed by atoms with E-state index in [2.05, 4.69) is 0 Å². The number of halogens is 1. The fraction of sp³-hybridized carbons (Fsp3) is 0.682. The van der Waals surface area contributed by atoms with E-state index in [9.17, 15) is 4.79 Å². The Morgan fingerprint density at radius 1 is 1.29 bits per heavy atom. The summed E-state index contributed by atoms with van der Waals surface area (Å²) < 4.78 is 103. The van der Waals surface area contributed by atoms with E-state index in [0.717, 1.165) is 16.2 Å². The van der Waals surface area contributed by atoms with Crippen molar-refractivity contribution in [2.75, 3.05) is 51.7 Å². The molecule has 0 atom stereocenters. The monoisotopic (exact) mass is 418 g/mol. The standard InChI is InChI=1S/C22H35ClN4O/c1-17-5-4-6-20(21(17)23)27-15-13-26(14-16-27)12-11-18-7-9-19(10-8-18)24-22(28)25(2)3/h4-6,18-19H,7-16H2,1-3H3,(H,24,28)/t18-,19-/i7D2,8D2,9D2,10D2,12D2,18D,19D. The molecule has 0 spiro atoms. The molecule has 0 radical (unpaired) electrons. The Balaban J connectivity index is 1.96. The SMILES string of the molecule is [2H]C([2H])(C[C@]1([2H])C([2H])([2H])C([2H])([2H])[C@@]([2H])(NC(=O)N(C)C)C([2H])([2H])C1([2H])[2H])N1CCN(c2cccc(C)c2Cl)CC1. The van der Waals surface area contributed by atoms with Crippen molar-refractivity contribution in [1.29, 1.82) is 0 Å². The predicted molar refractivity (Wildman–Crippen MR) is 117 cm³/mol. The largest absolute Gasteiger partial charge is 0.368 e. The summed E-state index contributed by atoms with van der Waals surface area (Å²) in [5.41, 5.74) is 1.62. The molecule has 2 fully saturated rings. The van der Waals surface area contributed by atoms with Gasteiger partial charge in [-0.2, -0.15) is 0 Å². The van der Waals surface area contributed by atoms with Gasteiger partial charge in [-0.25, -0.2) is 4.79 Å². The van der Waals surface area contributed by atoms with Gasteiger partial charge in [0.05, 0.1) is 12.1 Å². The van der Waals surface area contributed by atoms with E-state index in [1.807, 2.05) is 30.0 Å². The van der Waals surface area contributed by atoms with Crippen LogP contribution in [0.3, 0.4) is 0 Å². The highest BCUT2D eigenvalue weighted by Crippen LogP contribution is 2.30.